The zero-order valence-corrected chi connectivity index (χ0v) is 12.6. The lowest BCUT2D eigenvalue weighted by Crippen LogP contribution is -2.33. The molecular formula is C15H22ClFN2O. The fourth-order valence-electron chi connectivity index (χ4n) is 2.21. The number of nitrogens with zero attached hydrogens (tertiary/aromatic N) is 1. The van der Waals surface area contributed by atoms with Gasteiger partial charge in [0, 0.05) is 36.3 Å². The van der Waals surface area contributed by atoms with E-state index in [4.69, 9.17) is 22.1 Å². The monoisotopic (exact) mass is 300 g/mol. The summed E-state index contributed by atoms with van der Waals surface area (Å²) < 4.78 is 19.6. The lowest BCUT2D eigenvalue weighted by molar-refractivity contribution is 0.0917. The fraction of sp³-hybridized carbons (Fsp3) is 0.600. The number of ether oxygens (including phenoxy) is 1. The van der Waals surface area contributed by atoms with Gasteiger partial charge in [-0.3, -0.25) is 4.90 Å². The molecule has 0 bridgehead atoms. The maximum absolute atomic E-state index is 14.0. The van der Waals surface area contributed by atoms with Crippen molar-refractivity contribution in [3.05, 3.63) is 34.6 Å². The molecule has 1 unspecified atom stereocenters. The van der Waals surface area contributed by atoms with Crippen molar-refractivity contribution < 1.29 is 9.13 Å². The maximum Gasteiger partial charge on any atom is 0.129 e. The summed E-state index contributed by atoms with van der Waals surface area (Å²) in [5.41, 5.74) is 6.38. The molecule has 0 aliphatic heterocycles. The first-order valence-corrected chi connectivity index (χ1v) is 7.42. The Bertz CT molecular complexity index is 440. The lowest BCUT2D eigenvalue weighted by atomic mass is 10.1. The van der Waals surface area contributed by atoms with Crippen LogP contribution in [0.25, 0.3) is 0 Å². The minimum Gasteiger partial charge on any atom is -0.380 e. The van der Waals surface area contributed by atoms with Crippen LogP contribution in [0, 0.1) is 11.7 Å². The molecule has 1 aromatic rings. The van der Waals surface area contributed by atoms with Crippen molar-refractivity contribution >= 4 is 11.6 Å². The van der Waals surface area contributed by atoms with Gasteiger partial charge < -0.3 is 10.5 Å². The first-order valence-electron chi connectivity index (χ1n) is 7.04. The molecule has 5 heteroatoms. The van der Waals surface area contributed by atoms with E-state index >= 15 is 0 Å². The predicted molar refractivity (Wildman–Crippen MR) is 79.4 cm³/mol. The van der Waals surface area contributed by atoms with Crippen molar-refractivity contribution in [2.24, 2.45) is 11.7 Å². The van der Waals surface area contributed by atoms with Crippen LogP contribution in [-0.4, -0.2) is 38.3 Å². The van der Waals surface area contributed by atoms with Crippen LogP contribution in [0.4, 0.5) is 4.39 Å². The largest absolute Gasteiger partial charge is 0.380 e. The smallest absolute Gasteiger partial charge is 0.129 e. The van der Waals surface area contributed by atoms with Crippen molar-refractivity contribution in [3.8, 4) is 0 Å². The van der Waals surface area contributed by atoms with Gasteiger partial charge in [-0.15, -0.1) is 0 Å². The molecule has 0 saturated heterocycles. The highest BCUT2D eigenvalue weighted by Gasteiger charge is 2.22. The molecule has 20 heavy (non-hydrogen) atoms. The summed E-state index contributed by atoms with van der Waals surface area (Å²) in [6.45, 7) is 2.59. The Balaban J connectivity index is 1.88. The molecule has 3 nitrogen and oxygen atoms in total. The summed E-state index contributed by atoms with van der Waals surface area (Å²) in [6, 6.07) is 4.57. The van der Waals surface area contributed by atoms with Gasteiger partial charge in [0.25, 0.3) is 0 Å². The topological polar surface area (TPSA) is 38.5 Å². The molecule has 0 radical (unpaired) electrons. The molecule has 1 fully saturated rings. The second kappa shape index (κ2) is 7.36. The number of hydrogen-bond acceptors (Lipinski definition) is 3. The highest BCUT2D eigenvalue weighted by molar-refractivity contribution is 6.30. The molecule has 0 spiro atoms. The zero-order chi connectivity index (χ0) is 14.5. The average Bonchev–Trinajstić information content (AvgIpc) is 3.22. The molecule has 1 atom stereocenters. The molecule has 2 rings (SSSR count). The second-order valence-corrected chi connectivity index (χ2v) is 5.85. The summed E-state index contributed by atoms with van der Waals surface area (Å²) in [5.74, 6) is 0.456. The summed E-state index contributed by atoms with van der Waals surface area (Å²) in [5, 5.41) is 0.400. The molecule has 112 valence electrons. The highest BCUT2D eigenvalue weighted by atomic mass is 35.5. The Kier molecular flexibility index (Phi) is 5.78. The van der Waals surface area contributed by atoms with Crippen LogP contribution >= 0.6 is 11.6 Å². The molecule has 1 aliphatic carbocycles. The predicted octanol–water partition coefficient (Wildman–Crippen LogP) is 2.84. The number of likely N-dealkylation sites (N-methyl/N-ethyl adjacent to an activating group) is 1. The van der Waals surface area contributed by atoms with E-state index in [0.29, 0.717) is 23.7 Å². The van der Waals surface area contributed by atoms with Crippen LogP contribution in [0.15, 0.2) is 18.2 Å². The second-order valence-electron chi connectivity index (χ2n) is 5.42. The molecule has 0 amide bonds. The molecule has 0 aromatic heterocycles. The van der Waals surface area contributed by atoms with Crippen LogP contribution in [-0.2, 0) is 4.74 Å². The van der Waals surface area contributed by atoms with Gasteiger partial charge in [-0.1, -0.05) is 17.7 Å². The normalized spacial score (nSPS) is 16.6. The van der Waals surface area contributed by atoms with Crippen LogP contribution in [0.5, 0.6) is 0 Å². The Labute approximate surface area is 124 Å². The van der Waals surface area contributed by atoms with Crippen LogP contribution in [0.1, 0.15) is 24.4 Å². The fourth-order valence-corrected chi connectivity index (χ4v) is 2.37. The first kappa shape index (κ1) is 15.7. The first-order chi connectivity index (χ1) is 9.61. The van der Waals surface area contributed by atoms with E-state index in [-0.39, 0.29) is 11.9 Å². The van der Waals surface area contributed by atoms with E-state index in [1.165, 1.54) is 18.9 Å². The number of halogens is 2. The SMILES string of the molecule is CN(CCOCC1CC1)C(CN)c1ccc(Cl)cc1F. The van der Waals surface area contributed by atoms with E-state index in [0.717, 1.165) is 19.1 Å². The van der Waals surface area contributed by atoms with Crippen molar-refractivity contribution in [1.82, 2.24) is 4.90 Å². The van der Waals surface area contributed by atoms with Gasteiger partial charge in [-0.2, -0.15) is 0 Å². The number of benzene rings is 1. The summed E-state index contributed by atoms with van der Waals surface area (Å²) >= 11 is 5.78. The Morgan fingerprint density at radius 1 is 1.50 bits per heavy atom. The van der Waals surface area contributed by atoms with Crippen molar-refractivity contribution in [2.75, 3.05) is 33.4 Å². The van der Waals surface area contributed by atoms with E-state index in [9.17, 15) is 4.39 Å². The van der Waals surface area contributed by atoms with Crippen LogP contribution in [0.2, 0.25) is 5.02 Å². The summed E-state index contributed by atoms with van der Waals surface area (Å²) in [7, 11) is 1.94. The minimum atomic E-state index is -0.307. The van der Waals surface area contributed by atoms with Gasteiger partial charge in [-0.25, -0.2) is 4.39 Å². The Hall–Kier alpha value is -0.680. The molecule has 0 heterocycles. The van der Waals surface area contributed by atoms with E-state index in [1.807, 2.05) is 11.9 Å². The molecule has 1 aliphatic rings. The van der Waals surface area contributed by atoms with E-state index in [2.05, 4.69) is 0 Å². The third-order valence-electron chi connectivity index (χ3n) is 3.72. The quantitative estimate of drug-likeness (QED) is 0.750. The van der Waals surface area contributed by atoms with Gasteiger partial charge in [0.05, 0.1) is 6.61 Å². The van der Waals surface area contributed by atoms with E-state index in [1.54, 1.807) is 12.1 Å². The third-order valence-corrected chi connectivity index (χ3v) is 3.95. The molecule has 2 N–H and O–H groups in total. The van der Waals surface area contributed by atoms with Gasteiger partial charge in [0.15, 0.2) is 0 Å². The summed E-state index contributed by atoms with van der Waals surface area (Å²) in [6.07, 6.45) is 2.58. The van der Waals surface area contributed by atoms with Crippen molar-refractivity contribution in [1.29, 1.82) is 0 Å². The van der Waals surface area contributed by atoms with Crippen molar-refractivity contribution in [2.45, 2.75) is 18.9 Å². The maximum atomic E-state index is 14.0. The van der Waals surface area contributed by atoms with E-state index < -0.39 is 0 Å². The average molecular weight is 301 g/mol. The Morgan fingerprint density at radius 3 is 2.85 bits per heavy atom. The zero-order valence-electron chi connectivity index (χ0n) is 11.8. The third kappa shape index (κ3) is 4.42. The van der Waals surface area contributed by atoms with Gasteiger partial charge in [-0.05, 0) is 37.9 Å². The van der Waals surface area contributed by atoms with Crippen LogP contribution < -0.4 is 5.73 Å². The van der Waals surface area contributed by atoms with Crippen molar-refractivity contribution in [3.63, 3.8) is 0 Å². The Morgan fingerprint density at radius 2 is 2.25 bits per heavy atom. The highest BCUT2D eigenvalue weighted by Crippen LogP contribution is 2.29. The van der Waals surface area contributed by atoms with Crippen LogP contribution in [0.3, 0.4) is 0 Å². The number of nitrogens with two attached hydrogens (primary N) is 1. The minimum absolute atomic E-state index is 0.156. The molecule has 1 saturated carbocycles. The lowest BCUT2D eigenvalue weighted by Gasteiger charge is -2.27. The standard InChI is InChI=1S/C15H22ClFN2O/c1-19(6-7-20-10-11-2-3-11)15(9-18)13-5-4-12(16)8-14(13)17/h4-5,8,11,15H,2-3,6-7,9-10,18H2,1H3. The van der Waals surface area contributed by atoms with Gasteiger partial charge in [0.2, 0.25) is 0 Å². The molecular weight excluding hydrogens is 279 g/mol. The number of hydrogen-bond donors (Lipinski definition) is 1. The number of rotatable bonds is 8. The molecule has 1 aromatic carbocycles. The summed E-state index contributed by atoms with van der Waals surface area (Å²) in [4.78, 5) is 2.03. The van der Waals surface area contributed by atoms with Gasteiger partial charge in [0.1, 0.15) is 5.82 Å². The van der Waals surface area contributed by atoms with Gasteiger partial charge >= 0.3 is 0 Å².